The fourth-order valence-corrected chi connectivity index (χ4v) is 1.84. The molecule has 2 unspecified atom stereocenters. The topological polar surface area (TPSA) is 24.9 Å². The molecule has 1 aliphatic rings. The van der Waals surface area contributed by atoms with Crippen molar-refractivity contribution in [2.24, 2.45) is 5.92 Å². The maximum atomic E-state index is 4.35. The predicted octanol–water partition coefficient (Wildman–Crippen LogP) is 2.53. The lowest BCUT2D eigenvalue weighted by Gasteiger charge is -2.19. The Morgan fingerprint density at radius 2 is 2.14 bits per heavy atom. The number of pyridine rings is 1. The van der Waals surface area contributed by atoms with Gasteiger partial charge < -0.3 is 5.32 Å². The second-order valence-corrected chi connectivity index (χ2v) is 4.27. The van der Waals surface area contributed by atoms with Crippen LogP contribution in [0.25, 0.3) is 0 Å². The van der Waals surface area contributed by atoms with Crippen LogP contribution in [-0.4, -0.2) is 11.0 Å². The van der Waals surface area contributed by atoms with Crippen LogP contribution < -0.4 is 5.32 Å². The van der Waals surface area contributed by atoms with Gasteiger partial charge in [0.25, 0.3) is 0 Å². The Kier molecular flexibility index (Phi) is 2.82. The number of hydrogen-bond donors (Lipinski definition) is 1. The van der Waals surface area contributed by atoms with Crippen molar-refractivity contribution in [2.45, 2.75) is 38.8 Å². The molecule has 2 nitrogen and oxygen atoms in total. The fourth-order valence-electron chi connectivity index (χ4n) is 1.84. The van der Waals surface area contributed by atoms with E-state index in [1.165, 1.54) is 12.8 Å². The highest BCUT2D eigenvalue weighted by atomic mass is 15.0. The second-order valence-electron chi connectivity index (χ2n) is 4.27. The number of nitrogens with zero attached hydrogens (tertiary/aromatic N) is 1. The Bertz CT molecular complexity index is 280. The van der Waals surface area contributed by atoms with Crippen LogP contribution in [0.15, 0.2) is 24.4 Å². The maximum Gasteiger partial charge on any atom is 0.0570 e. The summed E-state index contributed by atoms with van der Waals surface area (Å²) >= 11 is 0. The van der Waals surface area contributed by atoms with E-state index in [0.29, 0.717) is 12.1 Å². The first-order valence-electron chi connectivity index (χ1n) is 5.44. The van der Waals surface area contributed by atoms with E-state index in [4.69, 9.17) is 0 Å². The van der Waals surface area contributed by atoms with Gasteiger partial charge in [-0.2, -0.15) is 0 Å². The van der Waals surface area contributed by atoms with Crippen molar-refractivity contribution in [3.05, 3.63) is 30.1 Å². The monoisotopic (exact) mass is 190 g/mol. The molecular weight excluding hydrogens is 172 g/mol. The Morgan fingerprint density at radius 3 is 2.71 bits per heavy atom. The molecule has 0 aromatic carbocycles. The first-order chi connectivity index (χ1) is 6.77. The lowest BCUT2D eigenvalue weighted by Crippen LogP contribution is -2.30. The molecule has 2 rings (SSSR count). The quantitative estimate of drug-likeness (QED) is 0.789. The predicted molar refractivity (Wildman–Crippen MR) is 58.0 cm³/mol. The highest BCUT2D eigenvalue weighted by Crippen LogP contribution is 2.33. The van der Waals surface area contributed by atoms with Gasteiger partial charge in [-0.1, -0.05) is 6.07 Å². The largest absolute Gasteiger partial charge is 0.306 e. The molecule has 1 N–H and O–H groups in total. The summed E-state index contributed by atoms with van der Waals surface area (Å²) in [6.45, 7) is 4.46. The van der Waals surface area contributed by atoms with Crippen molar-refractivity contribution >= 4 is 0 Å². The van der Waals surface area contributed by atoms with Gasteiger partial charge in [0.1, 0.15) is 0 Å². The van der Waals surface area contributed by atoms with Gasteiger partial charge in [-0.15, -0.1) is 0 Å². The molecule has 0 spiro atoms. The molecule has 1 aromatic rings. The van der Waals surface area contributed by atoms with Gasteiger partial charge in [-0.25, -0.2) is 0 Å². The van der Waals surface area contributed by atoms with Gasteiger partial charge in [0, 0.05) is 18.3 Å². The number of nitrogens with one attached hydrogen (secondary N) is 1. The molecule has 0 aliphatic heterocycles. The summed E-state index contributed by atoms with van der Waals surface area (Å²) in [5.74, 6) is 0.904. The van der Waals surface area contributed by atoms with Gasteiger partial charge >= 0.3 is 0 Å². The van der Waals surface area contributed by atoms with Crippen molar-refractivity contribution in [1.82, 2.24) is 10.3 Å². The van der Waals surface area contributed by atoms with Crippen molar-refractivity contribution in [1.29, 1.82) is 0 Å². The molecule has 0 bridgehead atoms. The van der Waals surface area contributed by atoms with Crippen LogP contribution in [-0.2, 0) is 0 Å². The molecule has 76 valence electrons. The lowest BCUT2D eigenvalue weighted by molar-refractivity contribution is 0.436. The molecule has 1 fully saturated rings. The van der Waals surface area contributed by atoms with E-state index in [1.54, 1.807) is 0 Å². The van der Waals surface area contributed by atoms with Crippen LogP contribution in [0.4, 0.5) is 0 Å². The average molecular weight is 190 g/mol. The zero-order valence-electron chi connectivity index (χ0n) is 8.90. The number of hydrogen-bond acceptors (Lipinski definition) is 2. The van der Waals surface area contributed by atoms with Crippen LogP contribution in [0, 0.1) is 5.92 Å². The molecule has 1 aromatic heterocycles. The minimum absolute atomic E-state index is 0.367. The third-order valence-corrected chi connectivity index (χ3v) is 2.97. The van der Waals surface area contributed by atoms with E-state index in [2.05, 4.69) is 30.2 Å². The van der Waals surface area contributed by atoms with Crippen LogP contribution in [0.3, 0.4) is 0 Å². The summed E-state index contributed by atoms with van der Waals surface area (Å²) in [6, 6.07) is 7.08. The molecule has 2 heteroatoms. The summed E-state index contributed by atoms with van der Waals surface area (Å²) in [5, 5.41) is 3.60. The van der Waals surface area contributed by atoms with E-state index < -0.39 is 0 Å². The van der Waals surface area contributed by atoms with Crippen molar-refractivity contribution in [2.75, 3.05) is 0 Å². The minimum Gasteiger partial charge on any atom is -0.306 e. The normalized spacial score (nSPS) is 20.4. The minimum atomic E-state index is 0.367. The lowest BCUT2D eigenvalue weighted by atomic mass is 10.1. The summed E-state index contributed by atoms with van der Waals surface area (Å²) < 4.78 is 0. The van der Waals surface area contributed by atoms with Gasteiger partial charge in [0.15, 0.2) is 0 Å². The number of aromatic nitrogens is 1. The van der Waals surface area contributed by atoms with E-state index >= 15 is 0 Å². The van der Waals surface area contributed by atoms with Crippen molar-refractivity contribution < 1.29 is 0 Å². The van der Waals surface area contributed by atoms with E-state index in [-0.39, 0.29) is 0 Å². The standard InChI is InChI=1S/C12H18N2/c1-9(11-6-7-11)14-10(2)12-5-3-4-8-13-12/h3-5,8-11,14H,6-7H2,1-2H3. The van der Waals surface area contributed by atoms with Crippen LogP contribution >= 0.6 is 0 Å². The van der Waals surface area contributed by atoms with Gasteiger partial charge in [0.05, 0.1) is 5.69 Å². The summed E-state index contributed by atoms with van der Waals surface area (Å²) in [6.07, 6.45) is 4.64. The summed E-state index contributed by atoms with van der Waals surface area (Å²) in [7, 11) is 0. The third-order valence-electron chi connectivity index (χ3n) is 2.97. The highest BCUT2D eigenvalue weighted by molar-refractivity contribution is 5.08. The molecular formula is C12H18N2. The van der Waals surface area contributed by atoms with Crippen molar-refractivity contribution in [3.8, 4) is 0 Å². The Balaban J connectivity index is 1.91. The number of rotatable bonds is 4. The maximum absolute atomic E-state index is 4.35. The third kappa shape index (κ3) is 2.32. The SMILES string of the molecule is CC(NC(C)C1CC1)c1ccccn1. The fraction of sp³-hybridized carbons (Fsp3) is 0.583. The van der Waals surface area contributed by atoms with E-state index in [1.807, 2.05) is 18.3 Å². The van der Waals surface area contributed by atoms with E-state index in [9.17, 15) is 0 Å². The zero-order chi connectivity index (χ0) is 9.97. The summed E-state index contributed by atoms with van der Waals surface area (Å²) in [4.78, 5) is 4.35. The highest BCUT2D eigenvalue weighted by Gasteiger charge is 2.28. The zero-order valence-corrected chi connectivity index (χ0v) is 8.90. The smallest absolute Gasteiger partial charge is 0.0570 e. The average Bonchev–Trinajstić information content (AvgIpc) is 3.02. The molecule has 1 aliphatic carbocycles. The molecule has 2 atom stereocenters. The Hall–Kier alpha value is -0.890. The first kappa shape index (κ1) is 9.66. The van der Waals surface area contributed by atoms with E-state index in [0.717, 1.165) is 11.6 Å². The van der Waals surface area contributed by atoms with Crippen LogP contribution in [0.2, 0.25) is 0 Å². The molecule has 0 amide bonds. The first-order valence-corrected chi connectivity index (χ1v) is 5.44. The Labute approximate surface area is 85.7 Å². The van der Waals surface area contributed by atoms with Gasteiger partial charge in [-0.05, 0) is 44.7 Å². The molecule has 0 radical (unpaired) electrons. The van der Waals surface area contributed by atoms with Crippen LogP contribution in [0.5, 0.6) is 0 Å². The molecule has 1 saturated carbocycles. The second kappa shape index (κ2) is 4.09. The summed E-state index contributed by atoms with van der Waals surface area (Å²) in [5.41, 5.74) is 1.14. The van der Waals surface area contributed by atoms with Crippen LogP contribution in [0.1, 0.15) is 38.4 Å². The Morgan fingerprint density at radius 1 is 1.36 bits per heavy atom. The van der Waals surface area contributed by atoms with Crippen molar-refractivity contribution in [3.63, 3.8) is 0 Å². The van der Waals surface area contributed by atoms with Gasteiger partial charge in [-0.3, -0.25) is 4.98 Å². The molecule has 14 heavy (non-hydrogen) atoms. The van der Waals surface area contributed by atoms with Gasteiger partial charge in [0.2, 0.25) is 0 Å². The molecule has 0 saturated heterocycles. The molecule has 1 heterocycles.